The molecular formula is C13H17N3S3. The Labute approximate surface area is 126 Å². The summed E-state index contributed by atoms with van der Waals surface area (Å²) in [5.74, 6) is 3.34. The summed E-state index contributed by atoms with van der Waals surface area (Å²) < 4.78 is 2.82. The lowest BCUT2D eigenvalue weighted by Gasteiger charge is -2.22. The van der Waals surface area contributed by atoms with E-state index in [0.717, 1.165) is 11.6 Å². The van der Waals surface area contributed by atoms with E-state index in [-0.39, 0.29) is 5.54 Å². The lowest BCUT2D eigenvalue weighted by Crippen LogP contribution is -2.22. The molecule has 0 radical (unpaired) electrons. The average Bonchev–Trinajstić information content (AvgIpc) is 2.90. The molecule has 0 amide bonds. The van der Waals surface area contributed by atoms with Gasteiger partial charge in [0.1, 0.15) is 0 Å². The van der Waals surface area contributed by atoms with Crippen LogP contribution in [0, 0.1) is 4.77 Å². The second-order valence-corrected chi connectivity index (χ2v) is 8.35. The topological polar surface area (TPSA) is 33.6 Å². The molecule has 2 aromatic rings. The highest BCUT2D eigenvalue weighted by Gasteiger charge is 2.23. The zero-order valence-corrected chi connectivity index (χ0v) is 13.8. The minimum Gasteiger partial charge on any atom is -0.294 e. The molecule has 0 aliphatic carbocycles. The van der Waals surface area contributed by atoms with Crippen molar-refractivity contribution in [3.8, 4) is 10.7 Å². The number of nitrogens with one attached hydrogen (secondary N) is 1. The fourth-order valence-corrected chi connectivity index (χ4v) is 5.10. The number of aromatic nitrogens is 3. The van der Waals surface area contributed by atoms with Crippen LogP contribution < -0.4 is 0 Å². The van der Waals surface area contributed by atoms with Crippen molar-refractivity contribution < 1.29 is 0 Å². The number of hydrogen-bond acceptors (Lipinski definition) is 4. The first-order valence-corrected chi connectivity index (χ1v) is 8.72. The van der Waals surface area contributed by atoms with E-state index in [2.05, 4.69) is 41.6 Å². The molecule has 0 spiro atoms. The van der Waals surface area contributed by atoms with Crippen molar-refractivity contribution >= 4 is 35.3 Å². The summed E-state index contributed by atoms with van der Waals surface area (Å²) in [6.07, 6.45) is 1.19. The van der Waals surface area contributed by atoms with Crippen LogP contribution in [0.15, 0.2) is 6.07 Å². The second-order valence-electron chi connectivity index (χ2n) is 5.72. The van der Waals surface area contributed by atoms with Gasteiger partial charge in [-0.2, -0.15) is 16.9 Å². The van der Waals surface area contributed by atoms with Crippen LogP contribution in [0.25, 0.3) is 10.7 Å². The van der Waals surface area contributed by atoms with Gasteiger partial charge in [0.2, 0.25) is 0 Å². The summed E-state index contributed by atoms with van der Waals surface area (Å²) in [7, 11) is 0. The molecule has 0 fully saturated rings. The first-order valence-electron chi connectivity index (χ1n) is 6.34. The molecule has 0 unspecified atom stereocenters. The van der Waals surface area contributed by atoms with Gasteiger partial charge in [-0.05, 0) is 56.8 Å². The van der Waals surface area contributed by atoms with Gasteiger partial charge in [-0.1, -0.05) is 0 Å². The average molecular weight is 312 g/mol. The molecule has 2 aromatic heterocycles. The third-order valence-electron chi connectivity index (χ3n) is 3.19. The number of aromatic amines is 1. The van der Waals surface area contributed by atoms with Crippen LogP contribution in [0.2, 0.25) is 0 Å². The number of aryl methyl sites for hydroxylation is 1. The summed E-state index contributed by atoms with van der Waals surface area (Å²) >= 11 is 9.26. The van der Waals surface area contributed by atoms with Crippen LogP contribution in [0.5, 0.6) is 0 Å². The Morgan fingerprint density at radius 3 is 2.89 bits per heavy atom. The van der Waals surface area contributed by atoms with E-state index in [4.69, 9.17) is 12.2 Å². The number of H-pyrrole nitrogens is 1. The van der Waals surface area contributed by atoms with E-state index in [1.807, 2.05) is 23.1 Å². The summed E-state index contributed by atoms with van der Waals surface area (Å²) in [5, 5.41) is 7.39. The van der Waals surface area contributed by atoms with Crippen molar-refractivity contribution in [2.24, 2.45) is 0 Å². The molecule has 6 heteroatoms. The van der Waals surface area contributed by atoms with E-state index in [0.29, 0.717) is 4.77 Å². The third kappa shape index (κ3) is 2.41. The first kappa shape index (κ1) is 13.4. The normalized spacial score (nSPS) is 15.5. The van der Waals surface area contributed by atoms with Crippen molar-refractivity contribution in [3.05, 3.63) is 21.3 Å². The molecule has 3 heterocycles. The first-order chi connectivity index (χ1) is 8.97. The van der Waals surface area contributed by atoms with Gasteiger partial charge >= 0.3 is 0 Å². The van der Waals surface area contributed by atoms with Crippen LogP contribution in [0.3, 0.4) is 0 Å². The smallest absolute Gasteiger partial charge is 0.195 e. The Balaban J connectivity index is 2.13. The van der Waals surface area contributed by atoms with Crippen molar-refractivity contribution in [2.45, 2.75) is 38.5 Å². The molecule has 3 rings (SSSR count). The Morgan fingerprint density at radius 1 is 1.42 bits per heavy atom. The SMILES string of the molecule is CC(C)(C)n1c(-c2cc3c(s2)CCSC3)n[nH]c1=S. The van der Waals surface area contributed by atoms with Gasteiger partial charge in [0, 0.05) is 16.2 Å². The minimum atomic E-state index is -0.0569. The molecular weight excluding hydrogens is 294 g/mol. The van der Waals surface area contributed by atoms with Crippen molar-refractivity contribution in [2.75, 3.05) is 5.75 Å². The number of nitrogens with zero attached hydrogens (tertiary/aromatic N) is 2. The van der Waals surface area contributed by atoms with E-state index < -0.39 is 0 Å². The zero-order valence-electron chi connectivity index (χ0n) is 11.3. The highest BCUT2D eigenvalue weighted by Crippen LogP contribution is 2.37. The fourth-order valence-electron chi connectivity index (χ4n) is 2.34. The predicted molar refractivity (Wildman–Crippen MR) is 85.6 cm³/mol. The summed E-state index contributed by atoms with van der Waals surface area (Å²) in [4.78, 5) is 2.75. The standard InChI is InChI=1S/C13H17N3S3/c1-13(2,3)16-11(14-15-12(16)17)10-6-8-7-18-5-4-9(8)19-10/h6H,4-5,7H2,1-3H3,(H,15,17). The van der Waals surface area contributed by atoms with E-state index in [9.17, 15) is 0 Å². The van der Waals surface area contributed by atoms with E-state index in [1.54, 1.807) is 0 Å². The van der Waals surface area contributed by atoms with Crippen LogP contribution in [-0.4, -0.2) is 20.5 Å². The van der Waals surface area contributed by atoms with Crippen LogP contribution in [0.4, 0.5) is 0 Å². The molecule has 0 aromatic carbocycles. The molecule has 19 heavy (non-hydrogen) atoms. The summed E-state index contributed by atoms with van der Waals surface area (Å²) in [6, 6.07) is 2.29. The molecule has 0 saturated heterocycles. The monoisotopic (exact) mass is 311 g/mol. The zero-order chi connectivity index (χ0) is 13.6. The number of rotatable bonds is 1. The number of thioether (sulfide) groups is 1. The third-order valence-corrected chi connectivity index (χ3v) is 5.71. The maximum atomic E-state index is 5.38. The van der Waals surface area contributed by atoms with Gasteiger partial charge in [0.15, 0.2) is 10.6 Å². The van der Waals surface area contributed by atoms with Crippen LogP contribution in [0.1, 0.15) is 31.2 Å². The Morgan fingerprint density at radius 2 is 2.21 bits per heavy atom. The highest BCUT2D eigenvalue weighted by molar-refractivity contribution is 7.98. The number of thiophene rings is 1. The lowest BCUT2D eigenvalue weighted by atomic mass is 10.1. The molecule has 1 N–H and O–H groups in total. The lowest BCUT2D eigenvalue weighted by molar-refractivity contribution is 0.396. The Bertz CT molecular complexity index is 634. The van der Waals surface area contributed by atoms with Gasteiger partial charge < -0.3 is 0 Å². The van der Waals surface area contributed by atoms with Gasteiger partial charge in [0.05, 0.1) is 4.88 Å². The maximum Gasteiger partial charge on any atom is 0.195 e. The predicted octanol–water partition coefficient (Wildman–Crippen LogP) is 4.21. The van der Waals surface area contributed by atoms with Crippen molar-refractivity contribution in [1.29, 1.82) is 0 Å². The fraction of sp³-hybridized carbons (Fsp3) is 0.538. The van der Waals surface area contributed by atoms with Gasteiger partial charge in [-0.15, -0.1) is 11.3 Å². The molecule has 3 nitrogen and oxygen atoms in total. The van der Waals surface area contributed by atoms with E-state index >= 15 is 0 Å². The van der Waals surface area contributed by atoms with Gasteiger partial charge in [0.25, 0.3) is 0 Å². The molecule has 0 atom stereocenters. The van der Waals surface area contributed by atoms with Crippen molar-refractivity contribution in [3.63, 3.8) is 0 Å². The highest BCUT2D eigenvalue weighted by atomic mass is 32.2. The van der Waals surface area contributed by atoms with Gasteiger partial charge in [-0.3, -0.25) is 9.67 Å². The number of hydrogen-bond donors (Lipinski definition) is 1. The minimum absolute atomic E-state index is 0.0569. The molecule has 0 saturated carbocycles. The summed E-state index contributed by atoms with van der Waals surface area (Å²) in [5.41, 5.74) is 1.42. The molecule has 0 bridgehead atoms. The molecule has 102 valence electrons. The van der Waals surface area contributed by atoms with Crippen LogP contribution in [-0.2, 0) is 17.7 Å². The van der Waals surface area contributed by atoms with E-state index in [1.165, 1.54) is 27.5 Å². The van der Waals surface area contributed by atoms with Gasteiger partial charge in [-0.25, -0.2) is 0 Å². The quantitative estimate of drug-likeness (QED) is 0.801. The molecule has 1 aliphatic heterocycles. The number of fused-ring (bicyclic) bond motifs is 1. The summed E-state index contributed by atoms with van der Waals surface area (Å²) in [6.45, 7) is 6.47. The van der Waals surface area contributed by atoms with Crippen molar-refractivity contribution in [1.82, 2.24) is 14.8 Å². The maximum absolute atomic E-state index is 5.38. The Kier molecular flexibility index (Phi) is 3.35. The Hall–Kier alpha value is -0.590. The largest absolute Gasteiger partial charge is 0.294 e. The van der Waals surface area contributed by atoms with Crippen LogP contribution >= 0.6 is 35.3 Å². The second kappa shape index (κ2) is 4.75. The molecule has 1 aliphatic rings.